The van der Waals surface area contributed by atoms with Crippen molar-refractivity contribution < 1.29 is 14.0 Å². The fourth-order valence-electron chi connectivity index (χ4n) is 2.77. The maximum absolute atomic E-state index is 12.6. The number of aryl methyl sites for hydroxylation is 1. The number of nitrogens with one attached hydrogen (secondary N) is 1. The summed E-state index contributed by atoms with van der Waals surface area (Å²) in [5.41, 5.74) is 4.22. The number of aromatic nitrogens is 1. The fraction of sp³-hybridized carbons (Fsp3) is 0.150. The zero-order valence-electron chi connectivity index (χ0n) is 14.2. The molecular formula is C20H17N3O3. The molecule has 3 aromatic rings. The highest BCUT2D eigenvalue weighted by atomic mass is 16.6. The van der Waals surface area contributed by atoms with Crippen LogP contribution >= 0.6 is 0 Å². The lowest BCUT2D eigenvalue weighted by Crippen LogP contribution is -2.30. The number of hydrogen-bond donors (Lipinski definition) is 1. The second kappa shape index (κ2) is 6.84. The van der Waals surface area contributed by atoms with Gasteiger partial charge in [-0.2, -0.15) is 4.98 Å². The van der Waals surface area contributed by atoms with Crippen LogP contribution in [0.5, 0.6) is 0 Å². The molecule has 1 atom stereocenters. The first kappa shape index (κ1) is 16.1. The van der Waals surface area contributed by atoms with Gasteiger partial charge in [-0.05, 0) is 6.92 Å². The van der Waals surface area contributed by atoms with E-state index < -0.39 is 5.92 Å². The topological polar surface area (TPSA) is 76.7 Å². The number of benzene rings is 2. The van der Waals surface area contributed by atoms with Crippen molar-refractivity contribution >= 4 is 17.6 Å². The van der Waals surface area contributed by atoms with Crippen LogP contribution in [-0.4, -0.2) is 23.2 Å². The second-order valence-electron chi connectivity index (χ2n) is 6.08. The highest BCUT2D eigenvalue weighted by Gasteiger charge is 2.32. The van der Waals surface area contributed by atoms with Crippen LogP contribution in [0.2, 0.25) is 0 Å². The van der Waals surface area contributed by atoms with Gasteiger partial charge in [0.1, 0.15) is 30.2 Å². The van der Waals surface area contributed by atoms with Crippen molar-refractivity contribution in [3.05, 3.63) is 72.0 Å². The number of nitrogens with zero attached hydrogens (tertiary/aromatic N) is 2. The van der Waals surface area contributed by atoms with Gasteiger partial charge in [0.25, 0.3) is 0 Å². The van der Waals surface area contributed by atoms with E-state index in [0.29, 0.717) is 11.4 Å². The van der Waals surface area contributed by atoms with Crippen molar-refractivity contribution in [2.45, 2.75) is 6.92 Å². The third-order valence-electron chi connectivity index (χ3n) is 4.20. The van der Waals surface area contributed by atoms with E-state index in [9.17, 15) is 4.79 Å². The molecular weight excluding hydrogens is 330 g/mol. The predicted molar refractivity (Wildman–Crippen MR) is 97.7 cm³/mol. The standard InChI is InChI=1S/C20H17N3O3/c1-13-7-9-14(10-8-13)17-12-25-20(21-17)22-19(24)16-11-26-23-18(16)15-5-3-2-4-6-15/h2-10,12,16H,11H2,1H3,(H,21,22,24)/t16-/m1/s1. The summed E-state index contributed by atoms with van der Waals surface area (Å²) < 4.78 is 5.40. The third-order valence-corrected chi connectivity index (χ3v) is 4.20. The molecule has 0 saturated heterocycles. The monoisotopic (exact) mass is 347 g/mol. The van der Waals surface area contributed by atoms with Crippen LogP contribution in [0.25, 0.3) is 11.3 Å². The summed E-state index contributed by atoms with van der Waals surface area (Å²) in [6.45, 7) is 2.22. The molecule has 0 bridgehead atoms. The van der Waals surface area contributed by atoms with Gasteiger partial charge in [0, 0.05) is 11.1 Å². The van der Waals surface area contributed by atoms with Crippen molar-refractivity contribution in [1.29, 1.82) is 0 Å². The molecule has 6 heteroatoms. The molecule has 0 fully saturated rings. The van der Waals surface area contributed by atoms with E-state index in [1.807, 2.05) is 61.5 Å². The first-order valence-electron chi connectivity index (χ1n) is 8.29. The van der Waals surface area contributed by atoms with Crippen LogP contribution in [-0.2, 0) is 9.63 Å². The molecule has 1 aliphatic heterocycles. The third kappa shape index (κ3) is 3.21. The Balaban J connectivity index is 1.48. The number of oxazole rings is 1. The van der Waals surface area contributed by atoms with Crippen LogP contribution in [0.4, 0.5) is 6.01 Å². The maximum atomic E-state index is 12.6. The molecule has 0 aliphatic carbocycles. The molecule has 130 valence electrons. The van der Waals surface area contributed by atoms with Gasteiger partial charge in [-0.3, -0.25) is 10.1 Å². The minimum Gasteiger partial charge on any atom is -0.431 e. The highest BCUT2D eigenvalue weighted by Crippen LogP contribution is 2.23. The molecule has 0 radical (unpaired) electrons. The van der Waals surface area contributed by atoms with E-state index in [0.717, 1.165) is 11.1 Å². The number of rotatable bonds is 4. The van der Waals surface area contributed by atoms with Crippen molar-refractivity contribution in [1.82, 2.24) is 4.98 Å². The Hall–Kier alpha value is -3.41. The molecule has 1 aliphatic rings. The normalized spacial score (nSPS) is 16.0. The van der Waals surface area contributed by atoms with Gasteiger partial charge in [0.2, 0.25) is 5.91 Å². The molecule has 1 N–H and O–H groups in total. The number of carbonyl (C=O) groups excluding carboxylic acids is 1. The van der Waals surface area contributed by atoms with Gasteiger partial charge >= 0.3 is 6.01 Å². The molecule has 2 aromatic carbocycles. The lowest BCUT2D eigenvalue weighted by molar-refractivity contribution is -0.118. The summed E-state index contributed by atoms with van der Waals surface area (Å²) in [6, 6.07) is 17.6. The Bertz CT molecular complexity index is 946. The molecule has 26 heavy (non-hydrogen) atoms. The van der Waals surface area contributed by atoms with Gasteiger partial charge in [-0.15, -0.1) is 0 Å². The number of carbonyl (C=O) groups is 1. The van der Waals surface area contributed by atoms with Crippen LogP contribution in [0, 0.1) is 12.8 Å². The summed E-state index contributed by atoms with van der Waals surface area (Å²) in [7, 11) is 0. The molecule has 0 unspecified atom stereocenters. The van der Waals surface area contributed by atoms with Crippen LogP contribution in [0.1, 0.15) is 11.1 Å². The van der Waals surface area contributed by atoms with Gasteiger partial charge in [0.05, 0.1) is 0 Å². The lowest BCUT2D eigenvalue weighted by Gasteiger charge is -2.09. The SMILES string of the molecule is Cc1ccc(-c2coc(NC(=O)[C@@H]3CON=C3c3ccccc3)n2)cc1. The average molecular weight is 347 g/mol. The predicted octanol–water partition coefficient (Wildman–Crippen LogP) is 3.64. The van der Waals surface area contributed by atoms with Crippen LogP contribution in [0.15, 0.2) is 70.4 Å². The summed E-state index contributed by atoms with van der Waals surface area (Å²) in [4.78, 5) is 22.1. The second-order valence-corrected chi connectivity index (χ2v) is 6.08. The molecule has 6 nitrogen and oxygen atoms in total. The van der Waals surface area contributed by atoms with Crippen LogP contribution in [0.3, 0.4) is 0 Å². The smallest absolute Gasteiger partial charge is 0.301 e. The molecule has 2 heterocycles. The molecule has 1 amide bonds. The van der Waals surface area contributed by atoms with Crippen molar-refractivity contribution in [2.75, 3.05) is 11.9 Å². The highest BCUT2D eigenvalue weighted by molar-refractivity contribution is 6.16. The van der Waals surface area contributed by atoms with Crippen molar-refractivity contribution in [2.24, 2.45) is 11.1 Å². The lowest BCUT2D eigenvalue weighted by atomic mass is 9.97. The Labute approximate surface area is 150 Å². The van der Waals surface area contributed by atoms with Crippen molar-refractivity contribution in [3.63, 3.8) is 0 Å². The first-order chi connectivity index (χ1) is 12.7. The number of amides is 1. The zero-order valence-corrected chi connectivity index (χ0v) is 14.2. The van der Waals surface area contributed by atoms with E-state index in [4.69, 9.17) is 9.25 Å². The summed E-state index contributed by atoms with van der Waals surface area (Å²) in [5, 5.41) is 6.72. The number of oxime groups is 1. The van der Waals surface area contributed by atoms with E-state index in [-0.39, 0.29) is 18.5 Å². The van der Waals surface area contributed by atoms with Gasteiger partial charge in [-0.1, -0.05) is 65.3 Å². The molecule has 0 spiro atoms. The minimum absolute atomic E-state index is 0.157. The van der Waals surface area contributed by atoms with Gasteiger partial charge in [-0.25, -0.2) is 0 Å². The summed E-state index contributed by atoms with van der Waals surface area (Å²) in [6.07, 6.45) is 1.53. The van der Waals surface area contributed by atoms with Crippen molar-refractivity contribution in [3.8, 4) is 11.3 Å². The van der Waals surface area contributed by atoms with E-state index in [1.54, 1.807) is 0 Å². The largest absolute Gasteiger partial charge is 0.431 e. The number of anilines is 1. The van der Waals surface area contributed by atoms with Gasteiger partial charge < -0.3 is 9.25 Å². The Kier molecular flexibility index (Phi) is 4.23. The Morgan fingerprint density at radius 3 is 2.62 bits per heavy atom. The molecule has 4 rings (SSSR count). The quantitative estimate of drug-likeness (QED) is 0.782. The summed E-state index contributed by atoms with van der Waals surface area (Å²) in [5.74, 6) is -0.769. The van der Waals surface area contributed by atoms with E-state index in [2.05, 4.69) is 15.5 Å². The van der Waals surface area contributed by atoms with E-state index >= 15 is 0 Å². The Morgan fingerprint density at radius 1 is 1.08 bits per heavy atom. The summed E-state index contributed by atoms with van der Waals surface area (Å²) >= 11 is 0. The van der Waals surface area contributed by atoms with E-state index in [1.165, 1.54) is 11.8 Å². The fourth-order valence-corrected chi connectivity index (χ4v) is 2.77. The molecule has 1 aromatic heterocycles. The number of hydrogen-bond acceptors (Lipinski definition) is 5. The average Bonchev–Trinajstić information content (AvgIpc) is 3.32. The Morgan fingerprint density at radius 2 is 1.85 bits per heavy atom. The van der Waals surface area contributed by atoms with Crippen LogP contribution < -0.4 is 5.32 Å². The first-order valence-corrected chi connectivity index (χ1v) is 8.29. The minimum atomic E-state index is -0.507. The zero-order chi connectivity index (χ0) is 17.9. The molecule has 0 saturated carbocycles. The maximum Gasteiger partial charge on any atom is 0.301 e. The van der Waals surface area contributed by atoms with Gasteiger partial charge in [0.15, 0.2) is 0 Å².